The molecule has 0 aliphatic carbocycles. The zero-order valence-electron chi connectivity index (χ0n) is 7.53. The molecule has 5 heteroatoms. The quantitative estimate of drug-likeness (QED) is 0.604. The maximum Gasteiger partial charge on any atom is 0.180 e. The minimum atomic E-state index is -0.750. The van der Waals surface area contributed by atoms with E-state index < -0.39 is 4.30 Å². The van der Waals surface area contributed by atoms with Gasteiger partial charge in [0.05, 0.1) is 0 Å². The van der Waals surface area contributed by atoms with Crippen molar-refractivity contribution in [2.45, 2.75) is 32.0 Å². The van der Waals surface area contributed by atoms with Gasteiger partial charge in [-0.1, -0.05) is 34.8 Å². The lowest BCUT2D eigenvalue weighted by Gasteiger charge is -1.69. The highest BCUT2D eigenvalue weighted by Gasteiger charge is 1.78. The van der Waals surface area contributed by atoms with Crippen LogP contribution >= 0.6 is 34.8 Å². The van der Waals surface area contributed by atoms with Gasteiger partial charge in [-0.25, -0.2) is 0 Å². The van der Waals surface area contributed by atoms with E-state index in [-0.39, 0.29) is 11.6 Å². The first-order valence-corrected chi connectivity index (χ1v) is 4.37. The molecule has 2 nitrogen and oxygen atoms in total. The second kappa shape index (κ2) is 13.8. The van der Waals surface area contributed by atoms with Gasteiger partial charge in [-0.15, -0.1) is 0 Å². The third-order valence-corrected chi connectivity index (χ3v) is 0. The first kappa shape index (κ1) is 18.1. The number of halogens is 3. The van der Waals surface area contributed by atoms with Crippen molar-refractivity contribution in [1.29, 1.82) is 0 Å². The van der Waals surface area contributed by atoms with Crippen LogP contribution in [0.25, 0.3) is 0 Å². The molecule has 0 aromatic rings. The van der Waals surface area contributed by atoms with Gasteiger partial charge in [-0.05, 0) is 27.7 Å². The molecule has 0 saturated carbocycles. The van der Waals surface area contributed by atoms with Crippen LogP contribution < -0.4 is 0 Å². The van der Waals surface area contributed by atoms with Crippen molar-refractivity contribution in [2.24, 2.45) is 0 Å². The molecular formula is C7H13Cl3O2. The largest absolute Gasteiger partial charge is 0.300 e. The fraction of sp³-hybridized carbons (Fsp3) is 0.714. The minimum Gasteiger partial charge on any atom is -0.300 e. The SMILES string of the molecule is CC(C)=O.CC(C)=O.ClC(Cl)Cl. The van der Waals surface area contributed by atoms with E-state index in [9.17, 15) is 9.59 Å². The van der Waals surface area contributed by atoms with Gasteiger partial charge in [0.2, 0.25) is 0 Å². The van der Waals surface area contributed by atoms with Crippen LogP contribution in [-0.4, -0.2) is 15.9 Å². The third-order valence-electron chi connectivity index (χ3n) is 0. The predicted octanol–water partition coefficient (Wildman–Crippen LogP) is 3.18. The van der Waals surface area contributed by atoms with Gasteiger partial charge in [0.25, 0.3) is 0 Å². The molecule has 0 heterocycles. The van der Waals surface area contributed by atoms with Crippen LogP contribution in [0.15, 0.2) is 0 Å². The molecular weight excluding hydrogens is 222 g/mol. The average Bonchev–Trinajstić information content (AvgIpc) is 1.54. The summed E-state index contributed by atoms with van der Waals surface area (Å²) in [5, 5.41) is 0. The molecule has 74 valence electrons. The number of Topliss-reactive ketones (excluding diaryl/α,β-unsaturated/α-hetero) is 2. The Labute approximate surface area is 88.2 Å². The summed E-state index contributed by atoms with van der Waals surface area (Å²) in [7, 11) is 0. The number of rotatable bonds is 0. The van der Waals surface area contributed by atoms with Crippen molar-refractivity contribution in [3.05, 3.63) is 0 Å². The first-order chi connectivity index (χ1) is 5.20. The Morgan fingerprint density at radius 3 is 0.833 bits per heavy atom. The van der Waals surface area contributed by atoms with Crippen LogP contribution in [0, 0.1) is 0 Å². The zero-order valence-corrected chi connectivity index (χ0v) is 9.80. The average molecular weight is 236 g/mol. The highest BCUT2D eigenvalue weighted by atomic mass is 35.6. The normalized spacial score (nSPS) is 7.33. The van der Waals surface area contributed by atoms with Crippen molar-refractivity contribution in [3.8, 4) is 0 Å². The molecule has 0 rings (SSSR count). The molecule has 0 aliphatic rings. The Morgan fingerprint density at radius 1 is 0.833 bits per heavy atom. The van der Waals surface area contributed by atoms with Crippen molar-refractivity contribution in [1.82, 2.24) is 0 Å². The van der Waals surface area contributed by atoms with E-state index in [1.807, 2.05) is 0 Å². The van der Waals surface area contributed by atoms with Gasteiger partial charge in [0.15, 0.2) is 4.30 Å². The summed E-state index contributed by atoms with van der Waals surface area (Å²) in [6.45, 7) is 6.11. The molecule has 0 fully saturated rings. The van der Waals surface area contributed by atoms with Gasteiger partial charge in [0, 0.05) is 0 Å². The number of carbonyl (C=O) groups is 2. The minimum absolute atomic E-state index is 0.167. The lowest BCUT2D eigenvalue weighted by Crippen LogP contribution is -1.69. The monoisotopic (exact) mass is 234 g/mol. The van der Waals surface area contributed by atoms with Crippen molar-refractivity contribution in [3.63, 3.8) is 0 Å². The molecule has 0 radical (unpaired) electrons. The van der Waals surface area contributed by atoms with E-state index in [1.165, 1.54) is 27.7 Å². The Morgan fingerprint density at radius 2 is 0.833 bits per heavy atom. The molecule has 0 spiro atoms. The van der Waals surface area contributed by atoms with Gasteiger partial charge in [-0.3, -0.25) is 0 Å². The van der Waals surface area contributed by atoms with E-state index in [4.69, 9.17) is 34.8 Å². The molecule has 0 N–H and O–H groups in total. The fourth-order valence-corrected chi connectivity index (χ4v) is 0. The van der Waals surface area contributed by atoms with Gasteiger partial charge < -0.3 is 9.59 Å². The summed E-state index contributed by atoms with van der Waals surface area (Å²) in [4.78, 5) is 18.9. The van der Waals surface area contributed by atoms with Gasteiger partial charge in [-0.2, -0.15) is 0 Å². The summed E-state index contributed by atoms with van der Waals surface area (Å²) < 4.78 is -0.750. The van der Waals surface area contributed by atoms with E-state index in [2.05, 4.69) is 0 Å². The molecule has 0 aliphatic heterocycles. The topological polar surface area (TPSA) is 34.1 Å². The smallest absolute Gasteiger partial charge is 0.180 e. The standard InChI is InChI=1S/2C3H6O.CHCl3/c2*1-3(2)4;2-1(3)4/h2*1-2H3;1H. The first-order valence-electron chi connectivity index (χ1n) is 3.06. The van der Waals surface area contributed by atoms with E-state index >= 15 is 0 Å². The predicted molar refractivity (Wildman–Crippen MR) is 54.1 cm³/mol. The highest BCUT2D eigenvalue weighted by Crippen LogP contribution is 2.03. The van der Waals surface area contributed by atoms with Crippen LogP contribution in [0.2, 0.25) is 0 Å². The number of hydrogen-bond acceptors (Lipinski definition) is 2. The van der Waals surface area contributed by atoms with Crippen LogP contribution in [0.3, 0.4) is 0 Å². The molecule has 0 amide bonds. The third kappa shape index (κ3) is 19600. The Balaban J connectivity index is -0.000000101. The second-order valence-electron chi connectivity index (χ2n) is 2.06. The van der Waals surface area contributed by atoms with E-state index in [0.29, 0.717) is 0 Å². The van der Waals surface area contributed by atoms with Crippen LogP contribution in [0.5, 0.6) is 0 Å². The van der Waals surface area contributed by atoms with Crippen LogP contribution in [0.4, 0.5) is 0 Å². The van der Waals surface area contributed by atoms with E-state index in [1.54, 1.807) is 0 Å². The second-order valence-corrected chi connectivity index (χ2v) is 4.04. The molecule has 0 aromatic carbocycles. The lowest BCUT2D eigenvalue weighted by molar-refractivity contribution is -0.115. The number of hydrogen-bond donors (Lipinski definition) is 0. The summed E-state index contributed by atoms with van der Waals surface area (Å²) >= 11 is 14.4. The Hall–Kier alpha value is 0.210. The summed E-state index contributed by atoms with van der Waals surface area (Å²) in [5.74, 6) is 0.333. The van der Waals surface area contributed by atoms with Crippen molar-refractivity contribution >= 4 is 46.4 Å². The maximum absolute atomic E-state index is 9.44. The summed E-state index contributed by atoms with van der Waals surface area (Å²) in [6.07, 6.45) is 0. The number of carbonyl (C=O) groups excluding carboxylic acids is 2. The van der Waals surface area contributed by atoms with Crippen molar-refractivity contribution in [2.75, 3.05) is 0 Å². The maximum atomic E-state index is 9.44. The number of ketones is 2. The van der Waals surface area contributed by atoms with Crippen LogP contribution in [0.1, 0.15) is 27.7 Å². The highest BCUT2D eigenvalue weighted by molar-refractivity contribution is 6.63. The van der Waals surface area contributed by atoms with Crippen LogP contribution in [-0.2, 0) is 9.59 Å². The molecule has 12 heavy (non-hydrogen) atoms. The fourth-order valence-electron chi connectivity index (χ4n) is 0. The van der Waals surface area contributed by atoms with Gasteiger partial charge >= 0.3 is 0 Å². The zero-order chi connectivity index (χ0) is 10.7. The molecule has 0 unspecified atom stereocenters. The number of alkyl halides is 3. The Bertz CT molecular complexity index is 101. The molecule has 0 bridgehead atoms. The molecule has 0 saturated heterocycles. The van der Waals surface area contributed by atoms with Crippen molar-refractivity contribution < 1.29 is 9.59 Å². The molecule has 0 atom stereocenters. The van der Waals surface area contributed by atoms with E-state index in [0.717, 1.165) is 0 Å². The van der Waals surface area contributed by atoms with Gasteiger partial charge in [0.1, 0.15) is 11.6 Å². The summed E-state index contributed by atoms with van der Waals surface area (Å²) in [6, 6.07) is 0. The lowest BCUT2D eigenvalue weighted by atomic mass is 10.6. The Kier molecular flexibility index (Phi) is 20.8. The molecule has 0 aromatic heterocycles. The summed E-state index contributed by atoms with van der Waals surface area (Å²) in [5.41, 5.74) is 0.